The predicted octanol–water partition coefficient (Wildman–Crippen LogP) is 2.91. The SMILES string of the molecule is O=C(COc1ccc(Cl)cc1)NC1CCN(C(=O)COc2ccccc2)CC1. The fraction of sp³-hybridized carbons (Fsp3) is 0.333. The zero-order valence-electron chi connectivity index (χ0n) is 15.5. The van der Waals surface area contributed by atoms with E-state index in [-0.39, 0.29) is 31.1 Å². The minimum atomic E-state index is -0.174. The van der Waals surface area contributed by atoms with Crippen LogP contribution in [-0.4, -0.2) is 49.1 Å². The number of carbonyl (C=O) groups excluding carboxylic acids is 2. The number of hydrogen-bond donors (Lipinski definition) is 1. The van der Waals surface area contributed by atoms with Crippen LogP contribution >= 0.6 is 11.6 Å². The highest BCUT2D eigenvalue weighted by Crippen LogP contribution is 2.16. The molecule has 28 heavy (non-hydrogen) atoms. The van der Waals surface area contributed by atoms with Crippen LogP contribution < -0.4 is 14.8 Å². The maximum atomic E-state index is 12.3. The van der Waals surface area contributed by atoms with Crippen molar-refractivity contribution in [2.45, 2.75) is 18.9 Å². The van der Waals surface area contributed by atoms with Crippen LogP contribution in [0, 0.1) is 0 Å². The van der Waals surface area contributed by atoms with E-state index in [4.69, 9.17) is 21.1 Å². The van der Waals surface area contributed by atoms with E-state index in [1.165, 1.54) is 0 Å². The van der Waals surface area contributed by atoms with Gasteiger partial charge in [0.2, 0.25) is 0 Å². The number of carbonyl (C=O) groups is 2. The van der Waals surface area contributed by atoms with Crippen molar-refractivity contribution in [3.05, 3.63) is 59.6 Å². The van der Waals surface area contributed by atoms with Crippen molar-refractivity contribution < 1.29 is 19.1 Å². The van der Waals surface area contributed by atoms with Gasteiger partial charge in [-0.3, -0.25) is 9.59 Å². The number of amides is 2. The summed E-state index contributed by atoms with van der Waals surface area (Å²) in [5.41, 5.74) is 0. The lowest BCUT2D eigenvalue weighted by Gasteiger charge is -2.32. The molecule has 1 aliphatic rings. The number of benzene rings is 2. The first-order valence-corrected chi connectivity index (χ1v) is 9.61. The van der Waals surface area contributed by atoms with Crippen molar-refractivity contribution in [1.29, 1.82) is 0 Å². The highest BCUT2D eigenvalue weighted by atomic mass is 35.5. The van der Waals surface area contributed by atoms with Crippen LogP contribution in [-0.2, 0) is 9.59 Å². The molecule has 148 valence electrons. The van der Waals surface area contributed by atoms with Gasteiger partial charge in [0.1, 0.15) is 11.5 Å². The molecule has 0 radical (unpaired) electrons. The molecule has 0 unspecified atom stereocenters. The van der Waals surface area contributed by atoms with Crippen molar-refractivity contribution in [1.82, 2.24) is 10.2 Å². The van der Waals surface area contributed by atoms with E-state index >= 15 is 0 Å². The largest absolute Gasteiger partial charge is 0.484 e. The molecule has 0 aromatic heterocycles. The molecule has 0 spiro atoms. The summed E-state index contributed by atoms with van der Waals surface area (Å²) in [4.78, 5) is 26.1. The van der Waals surface area contributed by atoms with Gasteiger partial charge in [-0.25, -0.2) is 0 Å². The molecule has 2 aromatic carbocycles. The Morgan fingerprint density at radius 2 is 1.54 bits per heavy atom. The van der Waals surface area contributed by atoms with E-state index in [0.717, 1.165) is 0 Å². The van der Waals surface area contributed by atoms with E-state index in [0.29, 0.717) is 42.5 Å². The van der Waals surface area contributed by atoms with Gasteiger partial charge in [-0.05, 0) is 49.2 Å². The van der Waals surface area contributed by atoms with Crippen LogP contribution in [0.5, 0.6) is 11.5 Å². The summed E-state index contributed by atoms with van der Waals surface area (Å²) >= 11 is 5.82. The molecule has 0 aliphatic carbocycles. The topological polar surface area (TPSA) is 67.9 Å². The Bertz CT molecular complexity index is 775. The molecular weight excluding hydrogens is 380 g/mol. The van der Waals surface area contributed by atoms with Crippen molar-refractivity contribution in [2.24, 2.45) is 0 Å². The molecule has 0 atom stereocenters. The second kappa shape index (κ2) is 9.99. The number of nitrogens with zero attached hydrogens (tertiary/aromatic N) is 1. The summed E-state index contributed by atoms with van der Waals surface area (Å²) in [6.45, 7) is 1.17. The molecule has 2 aromatic rings. The van der Waals surface area contributed by atoms with Gasteiger partial charge in [0.05, 0.1) is 0 Å². The number of halogens is 1. The number of ether oxygens (including phenoxy) is 2. The molecule has 1 N–H and O–H groups in total. The second-order valence-corrected chi connectivity index (χ2v) is 7.00. The Morgan fingerprint density at radius 1 is 0.929 bits per heavy atom. The first-order chi connectivity index (χ1) is 13.6. The Hall–Kier alpha value is -2.73. The fourth-order valence-corrected chi connectivity index (χ4v) is 3.10. The molecule has 6 nitrogen and oxygen atoms in total. The monoisotopic (exact) mass is 402 g/mol. The Labute approximate surface area is 169 Å². The van der Waals surface area contributed by atoms with Gasteiger partial charge in [0.15, 0.2) is 13.2 Å². The van der Waals surface area contributed by atoms with Gasteiger partial charge >= 0.3 is 0 Å². The molecule has 2 amide bonds. The molecule has 1 heterocycles. The number of piperidine rings is 1. The number of hydrogen-bond acceptors (Lipinski definition) is 4. The summed E-state index contributed by atoms with van der Waals surface area (Å²) in [6, 6.07) is 16.2. The van der Waals surface area contributed by atoms with Crippen LogP contribution in [0.4, 0.5) is 0 Å². The number of likely N-dealkylation sites (tertiary alicyclic amines) is 1. The molecular formula is C21H23ClN2O4. The first-order valence-electron chi connectivity index (χ1n) is 9.23. The van der Waals surface area contributed by atoms with Crippen LogP contribution in [0.15, 0.2) is 54.6 Å². The van der Waals surface area contributed by atoms with Gasteiger partial charge in [0, 0.05) is 24.2 Å². The predicted molar refractivity (Wildman–Crippen MR) is 107 cm³/mol. The molecule has 1 saturated heterocycles. The minimum absolute atomic E-state index is 0.0238. The standard InChI is InChI=1S/C21H23ClN2O4/c22-16-6-8-19(9-7-16)27-14-20(25)23-17-10-12-24(13-11-17)21(26)15-28-18-4-2-1-3-5-18/h1-9,17H,10-15H2,(H,23,25). The number of rotatable bonds is 7. The molecule has 0 saturated carbocycles. The maximum absolute atomic E-state index is 12.3. The van der Waals surface area contributed by atoms with Crippen LogP contribution in [0.1, 0.15) is 12.8 Å². The third-order valence-electron chi connectivity index (χ3n) is 4.50. The summed E-state index contributed by atoms with van der Waals surface area (Å²) in [5.74, 6) is 1.06. The summed E-state index contributed by atoms with van der Waals surface area (Å²) in [7, 11) is 0. The molecule has 0 bridgehead atoms. The smallest absolute Gasteiger partial charge is 0.260 e. The van der Waals surface area contributed by atoms with Crippen molar-refractivity contribution in [2.75, 3.05) is 26.3 Å². The maximum Gasteiger partial charge on any atom is 0.260 e. The van der Waals surface area contributed by atoms with Gasteiger partial charge in [-0.1, -0.05) is 29.8 Å². The Kier molecular flexibility index (Phi) is 7.14. The van der Waals surface area contributed by atoms with Crippen molar-refractivity contribution in [3.63, 3.8) is 0 Å². The third-order valence-corrected chi connectivity index (χ3v) is 4.75. The van der Waals surface area contributed by atoms with E-state index in [9.17, 15) is 9.59 Å². The summed E-state index contributed by atoms with van der Waals surface area (Å²) in [6.07, 6.45) is 1.42. The molecule has 1 aliphatic heterocycles. The van der Waals surface area contributed by atoms with Gasteiger partial charge < -0.3 is 19.7 Å². The van der Waals surface area contributed by atoms with Crippen LogP contribution in [0.25, 0.3) is 0 Å². The quantitative estimate of drug-likeness (QED) is 0.773. The van der Waals surface area contributed by atoms with Gasteiger partial charge in [0.25, 0.3) is 11.8 Å². The lowest BCUT2D eigenvalue weighted by Crippen LogP contribution is -2.48. The summed E-state index contributed by atoms with van der Waals surface area (Å²) in [5, 5.41) is 3.58. The Balaban J connectivity index is 1.34. The van der Waals surface area contributed by atoms with Crippen molar-refractivity contribution >= 4 is 23.4 Å². The van der Waals surface area contributed by atoms with E-state index in [1.807, 2.05) is 30.3 Å². The first kappa shape index (κ1) is 20.0. The summed E-state index contributed by atoms with van der Waals surface area (Å²) < 4.78 is 11.0. The number of nitrogens with one attached hydrogen (secondary N) is 1. The second-order valence-electron chi connectivity index (χ2n) is 6.57. The van der Waals surface area contributed by atoms with E-state index in [2.05, 4.69) is 5.32 Å². The van der Waals surface area contributed by atoms with Crippen molar-refractivity contribution in [3.8, 4) is 11.5 Å². The van der Waals surface area contributed by atoms with E-state index < -0.39 is 0 Å². The van der Waals surface area contributed by atoms with E-state index in [1.54, 1.807) is 29.2 Å². The molecule has 3 rings (SSSR count). The average molecular weight is 403 g/mol. The highest BCUT2D eigenvalue weighted by molar-refractivity contribution is 6.30. The third kappa shape index (κ3) is 6.16. The lowest BCUT2D eigenvalue weighted by atomic mass is 10.1. The lowest BCUT2D eigenvalue weighted by molar-refractivity contribution is -0.134. The zero-order valence-corrected chi connectivity index (χ0v) is 16.2. The zero-order chi connectivity index (χ0) is 19.8. The van der Waals surface area contributed by atoms with Gasteiger partial charge in [-0.2, -0.15) is 0 Å². The molecule has 1 fully saturated rings. The van der Waals surface area contributed by atoms with Crippen LogP contribution in [0.2, 0.25) is 5.02 Å². The highest BCUT2D eigenvalue weighted by Gasteiger charge is 2.24. The van der Waals surface area contributed by atoms with Crippen LogP contribution in [0.3, 0.4) is 0 Å². The Morgan fingerprint density at radius 3 is 2.21 bits per heavy atom. The minimum Gasteiger partial charge on any atom is -0.484 e. The van der Waals surface area contributed by atoms with Gasteiger partial charge in [-0.15, -0.1) is 0 Å². The number of para-hydroxylation sites is 1. The fourth-order valence-electron chi connectivity index (χ4n) is 2.98. The average Bonchev–Trinajstić information content (AvgIpc) is 2.73. The normalized spacial score (nSPS) is 14.4. The molecule has 7 heteroatoms.